The number of hydrogen-bond acceptors (Lipinski definition) is 3. The van der Waals surface area contributed by atoms with E-state index in [2.05, 4.69) is 174 Å². The van der Waals surface area contributed by atoms with Crippen molar-refractivity contribution in [2.75, 3.05) is 0 Å². The number of furan rings is 1. The van der Waals surface area contributed by atoms with Crippen molar-refractivity contribution in [3.05, 3.63) is 193 Å². The van der Waals surface area contributed by atoms with Crippen molar-refractivity contribution in [3.8, 4) is 16.8 Å². The molecule has 9 aromatic rings. The van der Waals surface area contributed by atoms with Crippen LogP contribution in [0.3, 0.4) is 0 Å². The highest BCUT2D eigenvalue weighted by atomic mass is 16.3. The van der Waals surface area contributed by atoms with Crippen molar-refractivity contribution in [2.24, 2.45) is 4.99 Å². The average molecular weight is 642 g/mol. The highest BCUT2D eigenvalue weighted by molar-refractivity contribution is 6.12. The van der Waals surface area contributed by atoms with E-state index in [-0.39, 0.29) is 6.04 Å². The number of benzene rings is 7. The first kappa shape index (κ1) is 28.4. The minimum atomic E-state index is -0.209. The lowest BCUT2D eigenvalue weighted by atomic mass is 9.96. The van der Waals surface area contributed by atoms with Gasteiger partial charge in [0.2, 0.25) is 0 Å². The van der Waals surface area contributed by atoms with Crippen molar-refractivity contribution in [1.82, 2.24) is 9.88 Å². The molecular weight excluding hydrogens is 611 g/mol. The lowest BCUT2D eigenvalue weighted by molar-refractivity contribution is 0.668. The SMILES string of the molecule is C1=C(c2ccccc2)NC(c2ccccc2)=NC1c1cccc2oc3cc(-n4c5ccccc5c5ccc(-c6ccccc6)cc54)ccc3c12. The van der Waals surface area contributed by atoms with E-state index in [4.69, 9.17) is 9.41 Å². The van der Waals surface area contributed by atoms with Crippen LogP contribution in [-0.2, 0) is 0 Å². The van der Waals surface area contributed by atoms with Crippen LogP contribution in [0.4, 0.5) is 0 Å². The van der Waals surface area contributed by atoms with Gasteiger partial charge in [0.1, 0.15) is 17.0 Å². The summed E-state index contributed by atoms with van der Waals surface area (Å²) in [5, 5.41) is 8.24. The van der Waals surface area contributed by atoms with E-state index < -0.39 is 0 Å². The number of nitrogens with one attached hydrogen (secondary N) is 1. The summed E-state index contributed by atoms with van der Waals surface area (Å²) < 4.78 is 9.03. The summed E-state index contributed by atoms with van der Waals surface area (Å²) in [5.74, 6) is 0.852. The van der Waals surface area contributed by atoms with Crippen LogP contribution < -0.4 is 5.32 Å². The van der Waals surface area contributed by atoms with Gasteiger partial charge in [-0.15, -0.1) is 0 Å². The van der Waals surface area contributed by atoms with Gasteiger partial charge in [0.15, 0.2) is 0 Å². The molecule has 1 unspecified atom stereocenters. The molecule has 0 fully saturated rings. The van der Waals surface area contributed by atoms with Gasteiger partial charge in [-0.3, -0.25) is 4.99 Å². The molecule has 1 aliphatic rings. The minimum Gasteiger partial charge on any atom is -0.456 e. The Balaban J connectivity index is 1.15. The maximum absolute atomic E-state index is 6.66. The number of para-hydroxylation sites is 1. The first-order valence-corrected chi connectivity index (χ1v) is 17.0. The highest BCUT2D eigenvalue weighted by Crippen LogP contribution is 2.40. The van der Waals surface area contributed by atoms with Gasteiger partial charge < -0.3 is 14.3 Å². The molecule has 7 aromatic carbocycles. The first-order chi connectivity index (χ1) is 24.8. The lowest BCUT2D eigenvalue weighted by Gasteiger charge is -2.23. The number of hydrogen-bond donors (Lipinski definition) is 1. The molecule has 4 nitrogen and oxygen atoms in total. The molecule has 0 aliphatic carbocycles. The number of aromatic nitrogens is 1. The molecule has 0 bridgehead atoms. The Kier molecular flexibility index (Phi) is 6.53. The van der Waals surface area contributed by atoms with E-state index in [1.54, 1.807) is 0 Å². The summed E-state index contributed by atoms with van der Waals surface area (Å²) in [6.07, 6.45) is 2.23. The van der Waals surface area contributed by atoms with Crippen LogP contribution in [-0.4, -0.2) is 10.4 Å². The van der Waals surface area contributed by atoms with Gasteiger partial charge in [-0.25, -0.2) is 0 Å². The fraction of sp³-hybridized carbons (Fsp3) is 0.0217. The summed E-state index contributed by atoms with van der Waals surface area (Å²) in [6.45, 7) is 0. The zero-order valence-corrected chi connectivity index (χ0v) is 27.1. The third-order valence-corrected chi connectivity index (χ3v) is 9.85. The first-order valence-electron chi connectivity index (χ1n) is 17.0. The number of amidine groups is 1. The van der Waals surface area contributed by atoms with Gasteiger partial charge in [0, 0.05) is 44.6 Å². The minimum absolute atomic E-state index is 0.209. The second-order valence-electron chi connectivity index (χ2n) is 12.8. The third kappa shape index (κ3) is 4.65. The molecular formula is C46H31N3O. The lowest BCUT2D eigenvalue weighted by Crippen LogP contribution is -2.27. The molecule has 236 valence electrons. The van der Waals surface area contributed by atoms with Gasteiger partial charge >= 0.3 is 0 Å². The predicted octanol–water partition coefficient (Wildman–Crippen LogP) is 11.5. The van der Waals surface area contributed by atoms with Crippen LogP contribution in [0.25, 0.3) is 66.3 Å². The fourth-order valence-corrected chi connectivity index (χ4v) is 7.51. The monoisotopic (exact) mass is 641 g/mol. The van der Waals surface area contributed by atoms with E-state index in [0.717, 1.165) is 55.8 Å². The van der Waals surface area contributed by atoms with Gasteiger partial charge in [-0.1, -0.05) is 133 Å². The van der Waals surface area contributed by atoms with E-state index in [1.807, 2.05) is 12.1 Å². The normalized spacial score (nSPS) is 14.6. The van der Waals surface area contributed by atoms with Gasteiger partial charge in [0.05, 0.1) is 17.1 Å². The molecule has 0 saturated heterocycles. The zero-order chi connectivity index (χ0) is 33.0. The molecule has 1 N–H and O–H groups in total. The van der Waals surface area contributed by atoms with E-state index >= 15 is 0 Å². The molecule has 1 aliphatic heterocycles. The standard InChI is InChI=1S/C46H31N3O/c1-4-13-30(14-5-1)33-23-25-36-35-19-10-11-21-41(35)49(42(36)27-33)34-24-26-38-44(28-34)50-43-22-12-20-37(45(38)43)40-29-39(31-15-6-2-7-16-31)47-46(48-40)32-17-8-3-9-18-32/h1-29,40H,(H,47,48). The van der Waals surface area contributed by atoms with Crippen LogP contribution in [0.2, 0.25) is 0 Å². The zero-order valence-electron chi connectivity index (χ0n) is 27.1. The summed E-state index contributed by atoms with van der Waals surface area (Å²) >= 11 is 0. The van der Waals surface area contributed by atoms with Crippen LogP contribution in [0, 0.1) is 0 Å². The van der Waals surface area contributed by atoms with Crippen molar-refractivity contribution < 1.29 is 4.42 Å². The molecule has 0 spiro atoms. The molecule has 4 heteroatoms. The van der Waals surface area contributed by atoms with Crippen molar-refractivity contribution in [1.29, 1.82) is 0 Å². The summed E-state index contributed by atoms with van der Waals surface area (Å²) in [4.78, 5) is 5.28. The number of nitrogens with zero attached hydrogens (tertiary/aromatic N) is 2. The van der Waals surface area contributed by atoms with Gasteiger partial charge in [-0.05, 0) is 58.7 Å². The second kappa shape index (κ2) is 11.5. The summed E-state index contributed by atoms with van der Waals surface area (Å²) in [5.41, 5.74) is 11.8. The van der Waals surface area contributed by atoms with Crippen LogP contribution >= 0.6 is 0 Å². The smallest absolute Gasteiger partial charge is 0.137 e. The van der Waals surface area contributed by atoms with E-state index in [1.165, 1.54) is 32.9 Å². The van der Waals surface area contributed by atoms with Crippen molar-refractivity contribution in [3.63, 3.8) is 0 Å². The quantitative estimate of drug-likeness (QED) is 0.203. The number of aliphatic imine (C=N–C) groups is 1. The average Bonchev–Trinajstić information content (AvgIpc) is 3.73. The molecule has 2 aromatic heterocycles. The Morgan fingerprint density at radius 3 is 1.98 bits per heavy atom. The molecule has 0 radical (unpaired) electrons. The fourth-order valence-electron chi connectivity index (χ4n) is 7.51. The van der Waals surface area contributed by atoms with E-state index in [0.29, 0.717) is 0 Å². The van der Waals surface area contributed by atoms with Crippen LogP contribution in [0.5, 0.6) is 0 Å². The maximum Gasteiger partial charge on any atom is 0.137 e. The second-order valence-corrected chi connectivity index (χ2v) is 12.8. The Hall–Kier alpha value is -6.65. The summed E-state index contributed by atoms with van der Waals surface area (Å²) in [7, 11) is 0. The Morgan fingerprint density at radius 1 is 0.500 bits per heavy atom. The molecule has 0 saturated carbocycles. The molecule has 50 heavy (non-hydrogen) atoms. The van der Waals surface area contributed by atoms with Crippen molar-refractivity contribution >= 4 is 55.3 Å². The summed E-state index contributed by atoms with van der Waals surface area (Å²) in [6, 6.07) is 59.6. The molecule has 10 rings (SSSR count). The Labute approximate surface area is 289 Å². The predicted molar refractivity (Wildman–Crippen MR) is 207 cm³/mol. The van der Waals surface area contributed by atoms with Gasteiger partial charge in [0.25, 0.3) is 0 Å². The van der Waals surface area contributed by atoms with E-state index in [9.17, 15) is 0 Å². The maximum atomic E-state index is 6.66. The van der Waals surface area contributed by atoms with Crippen LogP contribution in [0.1, 0.15) is 22.7 Å². The highest BCUT2D eigenvalue weighted by Gasteiger charge is 2.23. The Bertz CT molecular complexity index is 2720. The van der Waals surface area contributed by atoms with Crippen molar-refractivity contribution in [2.45, 2.75) is 6.04 Å². The topological polar surface area (TPSA) is 42.5 Å². The number of rotatable bonds is 5. The molecule has 0 amide bonds. The Morgan fingerprint density at radius 2 is 1.18 bits per heavy atom. The largest absolute Gasteiger partial charge is 0.456 e. The third-order valence-electron chi connectivity index (χ3n) is 9.85. The number of fused-ring (bicyclic) bond motifs is 6. The van der Waals surface area contributed by atoms with Gasteiger partial charge in [-0.2, -0.15) is 0 Å². The molecule has 3 heterocycles. The van der Waals surface area contributed by atoms with Crippen LogP contribution in [0.15, 0.2) is 185 Å². The molecule has 1 atom stereocenters.